The molecule has 0 aromatic carbocycles. The second-order valence-corrected chi connectivity index (χ2v) is 7.05. The minimum Gasteiger partial charge on any atom is -0.478 e. The third-order valence-corrected chi connectivity index (χ3v) is 4.36. The molecule has 0 fully saturated rings. The highest BCUT2D eigenvalue weighted by Gasteiger charge is 1.96. The molecule has 0 aliphatic carbocycles. The Bertz CT molecular complexity index is 346. The van der Waals surface area contributed by atoms with Crippen molar-refractivity contribution in [2.45, 2.75) is 110 Å². The summed E-state index contributed by atoms with van der Waals surface area (Å²) in [5.41, 5.74) is 6.05. The summed E-state index contributed by atoms with van der Waals surface area (Å²) in [6.45, 7) is 2.28. The molecule has 4 nitrogen and oxygen atoms in total. The molecule has 0 aromatic heterocycles. The summed E-state index contributed by atoms with van der Waals surface area (Å²) >= 11 is 4.84. The lowest BCUT2D eigenvalue weighted by atomic mass is 10.0. The average Bonchev–Trinajstić information content (AvgIpc) is 2.58. The molecule has 0 atom stereocenters. The molecule has 0 bridgehead atoms. The van der Waals surface area contributed by atoms with Gasteiger partial charge in [0.05, 0.1) is 0 Å². The van der Waals surface area contributed by atoms with Crippen LogP contribution in [-0.4, -0.2) is 17.0 Å². The van der Waals surface area contributed by atoms with Crippen molar-refractivity contribution in [1.82, 2.24) is 0 Å². The highest BCUT2D eigenvalue weighted by molar-refractivity contribution is 6.26. The van der Waals surface area contributed by atoms with Gasteiger partial charge in [0.1, 0.15) is 0 Å². The van der Waals surface area contributed by atoms with Gasteiger partial charge in [0.25, 0.3) is 0 Å². The summed E-state index contributed by atoms with van der Waals surface area (Å²) in [5.74, 6) is -1.18. The summed E-state index contributed by atoms with van der Waals surface area (Å²) in [6, 6.07) is 0. The number of carbonyl (C=O) groups is 2. The van der Waals surface area contributed by atoms with Crippen LogP contribution in [0.4, 0.5) is 0 Å². The number of nitrogens with two attached hydrogens (primary N) is 1. The van der Waals surface area contributed by atoms with Gasteiger partial charge in [-0.05, 0) is 6.42 Å². The van der Waals surface area contributed by atoms with Crippen LogP contribution >= 0.6 is 11.6 Å². The molecule has 0 saturated heterocycles. The minimum absolute atomic E-state index is 0.153. The number of hydrogen-bond donors (Lipinski definition) is 2. The van der Waals surface area contributed by atoms with Crippen molar-refractivity contribution < 1.29 is 14.7 Å². The molecule has 0 aliphatic heterocycles. The Morgan fingerprint density at radius 1 is 0.769 bits per heavy atom. The van der Waals surface area contributed by atoms with Crippen LogP contribution in [0.3, 0.4) is 0 Å². The van der Waals surface area contributed by atoms with Crippen LogP contribution < -0.4 is 5.73 Å². The van der Waals surface area contributed by atoms with Crippen molar-refractivity contribution >= 4 is 23.5 Å². The molecule has 0 radical (unpaired) electrons. The van der Waals surface area contributed by atoms with Gasteiger partial charge in [0.15, 0.2) is 0 Å². The maximum Gasteiger partial charge on any atom is 0.329 e. The van der Waals surface area contributed by atoms with E-state index in [9.17, 15) is 9.59 Å². The van der Waals surface area contributed by atoms with Gasteiger partial charge in [-0.2, -0.15) is 0 Å². The van der Waals surface area contributed by atoms with E-state index in [1.165, 1.54) is 89.9 Å². The fraction of sp³-hybridized carbons (Fsp3) is 0.810. The molecule has 0 spiro atoms. The highest BCUT2D eigenvalue weighted by Crippen LogP contribution is 2.13. The van der Waals surface area contributed by atoms with E-state index in [0.29, 0.717) is 6.42 Å². The number of carboxylic acids is 1. The monoisotopic (exact) mass is 389 g/mol. The molecule has 0 saturated carbocycles. The molecule has 0 heterocycles. The van der Waals surface area contributed by atoms with Crippen LogP contribution in [0.5, 0.6) is 0 Å². The lowest BCUT2D eigenvalue weighted by molar-refractivity contribution is -0.131. The number of aliphatic carboxylic acids is 1. The van der Waals surface area contributed by atoms with Gasteiger partial charge in [-0.15, -0.1) is 0 Å². The molecule has 3 N–H and O–H groups in total. The first kappa shape index (κ1) is 27.2. The number of halogens is 1. The van der Waals surface area contributed by atoms with E-state index in [2.05, 4.69) is 6.92 Å². The highest BCUT2D eigenvalue weighted by atomic mass is 35.5. The number of rotatable bonds is 17. The van der Waals surface area contributed by atoms with Crippen LogP contribution in [0.1, 0.15) is 110 Å². The number of hydrogen-bond acceptors (Lipinski definition) is 2. The van der Waals surface area contributed by atoms with Crippen LogP contribution in [0.2, 0.25) is 0 Å². The SMILES string of the molecule is CCCCCCCCCCCCCCCCCC(N)=O.O=C(O)C=CCl. The number of carbonyl (C=O) groups excluding carboxylic acids is 1. The van der Waals surface area contributed by atoms with Crippen molar-refractivity contribution in [2.24, 2.45) is 5.73 Å². The fourth-order valence-corrected chi connectivity index (χ4v) is 2.83. The predicted octanol–water partition coefficient (Wildman–Crippen LogP) is 6.56. The van der Waals surface area contributed by atoms with E-state index < -0.39 is 5.97 Å². The zero-order chi connectivity index (χ0) is 19.9. The molecule has 1 amide bonds. The molecule has 0 rings (SSSR count). The summed E-state index contributed by atoms with van der Waals surface area (Å²) in [4.78, 5) is 20.0. The number of amides is 1. The van der Waals surface area contributed by atoms with Gasteiger partial charge in [0.2, 0.25) is 5.91 Å². The van der Waals surface area contributed by atoms with Gasteiger partial charge in [-0.1, -0.05) is 108 Å². The lowest BCUT2D eigenvalue weighted by Gasteiger charge is -2.03. The molecular weight excluding hydrogens is 350 g/mol. The Morgan fingerprint density at radius 3 is 1.35 bits per heavy atom. The Hall–Kier alpha value is -1.03. The summed E-state index contributed by atoms with van der Waals surface area (Å²) in [5, 5.41) is 7.74. The van der Waals surface area contributed by atoms with Crippen LogP contribution in [0.15, 0.2) is 11.6 Å². The fourth-order valence-electron chi connectivity index (χ4n) is 2.72. The van der Waals surface area contributed by atoms with Crippen LogP contribution in [0, 0.1) is 0 Å². The molecule has 0 aliphatic rings. The lowest BCUT2D eigenvalue weighted by Crippen LogP contribution is -2.09. The van der Waals surface area contributed by atoms with E-state index in [1.807, 2.05) is 0 Å². The molecule has 5 heteroatoms. The molecule has 26 heavy (non-hydrogen) atoms. The molecule has 0 unspecified atom stereocenters. The van der Waals surface area contributed by atoms with Gasteiger partial charge in [-0.3, -0.25) is 4.79 Å². The molecule has 0 aromatic rings. The van der Waals surface area contributed by atoms with Gasteiger partial charge >= 0.3 is 5.97 Å². The normalized spacial score (nSPS) is 10.5. The molecule has 154 valence electrons. The number of carboxylic acid groups (broad SMARTS) is 1. The van der Waals surface area contributed by atoms with E-state index in [0.717, 1.165) is 18.0 Å². The first-order chi connectivity index (χ1) is 12.5. The number of primary amides is 1. The van der Waals surface area contributed by atoms with E-state index >= 15 is 0 Å². The zero-order valence-corrected chi connectivity index (χ0v) is 17.4. The summed E-state index contributed by atoms with van der Waals surface area (Å²) in [6.07, 6.45) is 21.7. The standard InChI is InChI=1S/C18H37NO.C3H3ClO2/c1-2-3-4-5-6-7-8-9-10-11-12-13-14-15-16-17-18(19)20;4-2-1-3(5)6/h2-17H2,1H3,(H2,19,20);1-2H,(H,5,6). The maximum atomic E-state index is 10.6. The second-order valence-electron chi connectivity index (χ2n) is 6.80. The number of unbranched alkanes of at least 4 members (excludes halogenated alkanes) is 14. The Morgan fingerprint density at radius 2 is 1.12 bits per heavy atom. The second kappa shape index (κ2) is 24.0. The Balaban J connectivity index is 0. The van der Waals surface area contributed by atoms with Gasteiger partial charge < -0.3 is 10.8 Å². The van der Waals surface area contributed by atoms with E-state index in [-0.39, 0.29) is 5.91 Å². The minimum atomic E-state index is -1.02. The third-order valence-electron chi connectivity index (χ3n) is 4.23. The zero-order valence-electron chi connectivity index (χ0n) is 16.7. The van der Waals surface area contributed by atoms with Crippen LogP contribution in [0.25, 0.3) is 0 Å². The van der Waals surface area contributed by atoms with Crippen molar-refractivity contribution in [3.63, 3.8) is 0 Å². The van der Waals surface area contributed by atoms with E-state index in [4.69, 9.17) is 22.4 Å². The maximum absolute atomic E-state index is 10.6. The van der Waals surface area contributed by atoms with Gasteiger partial charge in [0, 0.05) is 18.0 Å². The largest absolute Gasteiger partial charge is 0.478 e. The smallest absolute Gasteiger partial charge is 0.329 e. The Labute approximate surface area is 165 Å². The Kier molecular flexibility index (Phi) is 25.1. The topological polar surface area (TPSA) is 80.4 Å². The van der Waals surface area contributed by atoms with Crippen LogP contribution in [-0.2, 0) is 9.59 Å². The average molecular weight is 390 g/mol. The molecular formula is C21H40ClNO3. The van der Waals surface area contributed by atoms with Crippen molar-refractivity contribution in [1.29, 1.82) is 0 Å². The third kappa shape index (κ3) is 30.8. The first-order valence-corrected chi connectivity index (χ1v) is 10.8. The van der Waals surface area contributed by atoms with E-state index in [1.54, 1.807) is 0 Å². The predicted molar refractivity (Wildman–Crippen MR) is 111 cm³/mol. The van der Waals surface area contributed by atoms with Crippen molar-refractivity contribution in [2.75, 3.05) is 0 Å². The first-order valence-electron chi connectivity index (χ1n) is 10.3. The summed E-state index contributed by atoms with van der Waals surface area (Å²) < 4.78 is 0. The van der Waals surface area contributed by atoms with Crippen molar-refractivity contribution in [3.8, 4) is 0 Å². The quantitative estimate of drug-likeness (QED) is 0.218. The summed E-state index contributed by atoms with van der Waals surface area (Å²) in [7, 11) is 0. The van der Waals surface area contributed by atoms with Crippen molar-refractivity contribution in [3.05, 3.63) is 11.6 Å². The van der Waals surface area contributed by atoms with Gasteiger partial charge in [-0.25, -0.2) is 4.79 Å².